The van der Waals surface area contributed by atoms with Crippen molar-refractivity contribution in [1.82, 2.24) is 10.6 Å². The molecule has 4 N–H and O–H groups in total. The van der Waals surface area contributed by atoms with Crippen LogP contribution in [0.5, 0.6) is 0 Å². The van der Waals surface area contributed by atoms with Crippen LogP contribution in [0.4, 0.5) is 0 Å². The lowest BCUT2D eigenvalue weighted by Gasteiger charge is -2.22. The number of hydrogen-bond acceptors (Lipinski definition) is 4. The zero-order valence-electron chi connectivity index (χ0n) is 5.07. The lowest BCUT2D eigenvalue weighted by Crippen LogP contribution is -2.58. The summed E-state index contributed by atoms with van der Waals surface area (Å²) >= 11 is 0. The molecule has 0 aromatic carbocycles. The second kappa shape index (κ2) is 3.80. The van der Waals surface area contributed by atoms with Crippen molar-refractivity contribution < 1.29 is 19.8 Å². The minimum atomic E-state index is -2.04. The molecule has 0 fully saturated rings. The van der Waals surface area contributed by atoms with Gasteiger partial charge in [-0.25, -0.2) is 0 Å². The Bertz CT molecular complexity index is 116. The molecule has 0 aromatic rings. The molecule has 0 spiro atoms. The molecular formula is C4H8N2O4. The summed E-state index contributed by atoms with van der Waals surface area (Å²) in [6.07, 6.45) is 0.319. The summed E-state index contributed by atoms with van der Waals surface area (Å²) in [6.45, 7) is -0.787. The normalized spacial score (nSPS) is 10.2. The number of carbonyl (C=O) groups excluding carboxylic acids is 2. The standard InChI is InChI=1S/C4H8N2O4/c7-1-4(10,5-2-8)6-3-9/h2-3,7,10H,1H2,(H,5,8)(H,6,9). The van der Waals surface area contributed by atoms with Gasteiger partial charge in [0.1, 0.15) is 6.61 Å². The first-order valence-corrected chi connectivity index (χ1v) is 2.44. The van der Waals surface area contributed by atoms with Crippen LogP contribution in [-0.2, 0) is 9.59 Å². The molecular weight excluding hydrogens is 140 g/mol. The lowest BCUT2D eigenvalue weighted by molar-refractivity contribution is -0.131. The van der Waals surface area contributed by atoms with Gasteiger partial charge in [-0.3, -0.25) is 9.59 Å². The Morgan fingerprint density at radius 2 is 1.70 bits per heavy atom. The Morgan fingerprint density at radius 3 is 1.90 bits per heavy atom. The van der Waals surface area contributed by atoms with Gasteiger partial charge in [0.05, 0.1) is 0 Å². The molecule has 0 saturated carbocycles. The molecule has 0 heterocycles. The maximum absolute atomic E-state index is 9.72. The topological polar surface area (TPSA) is 98.7 Å². The Balaban J connectivity index is 3.92. The van der Waals surface area contributed by atoms with Gasteiger partial charge < -0.3 is 20.8 Å². The van der Waals surface area contributed by atoms with Crippen molar-refractivity contribution in [3.63, 3.8) is 0 Å². The molecule has 0 radical (unpaired) electrons. The quantitative estimate of drug-likeness (QED) is 0.248. The van der Waals surface area contributed by atoms with E-state index in [1.807, 2.05) is 0 Å². The first kappa shape index (κ1) is 8.86. The molecule has 0 rings (SSSR count). The van der Waals surface area contributed by atoms with Gasteiger partial charge in [-0.2, -0.15) is 0 Å². The monoisotopic (exact) mass is 148 g/mol. The average molecular weight is 148 g/mol. The fourth-order valence-electron chi connectivity index (χ4n) is 0.328. The van der Waals surface area contributed by atoms with E-state index >= 15 is 0 Å². The first-order chi connectivity index (χ1) is 4.68. The number of hydrogen-bond donors (Lipinski definition) is 4. The Hall–Kier alpha value is -1.14. The first-order valence-electron chi connectivity index (χ1n) is 2.44. The molecule has 0 atom stereocenters. The minimum Gasteiger partial charge on any atom is -0.389 e. The molecule has 6 nitrogen and oxygen atoms in total. The molecule has 6 heteroatoms. The third-order valence-electron chi connectivity index (χ3n) is 0.824. The highest BCUT2D eigenvalue weighted by Gasteiger charge is 2.22. The maximum Gasteiger partial charge on any atom is 0.242 e. The predicted molar refractivity (Wildman–Crippen MR) is 30.4 cm³/mol. The summed E-state index contributed by atoms with van der Waals surface area (Å²) in [5.41, 5.74) is 0. The molecule has 0 aliphatic heterocycles. The van der Waals surface area contributed by atoms with E-state index in [4.69, 9.17) is 10.2 Å². The van der Waals surface area contributed by atoms with E-state index in [0.717, 1.165) is 0 Å². The van der Waals surface area contributed by atoms with E-state index in [2.05, 4.69) is 0 Å². The number of nitrogens with one attached hydrogen (secondary N) is 2. The van der Waals surface area contributed by atoms with Crippen LogP contribution in [0.25, 0.3) is 0 Å². The van der Waals surface area contributed by atoms with Crippen molar-refractivity contribution in [2.45, 2.75) is 5.85 Å². The highest BCUT2D eigenvalue weighted by molar-refractivity contribution is 5.51. The van der Waals surface area contributed by atoms with Gasteiger partial charge in [0.25, 0.3) is 0 Å². The van der Waals surface area contributed by atoms with Gasteiger partial charge in [-0.05, 0) is 0 Å². The van der Waals surface area contributed by atoms with Crippen LogP contribution in [0.3, 0.4) is 0 Å². The molecule has 0 bridgehead atoms. The van der Waals surface area contributed by atoms with Crippen molar-refractivity contribution in [3.8, 4) is 0 Å². The largest absolute Gasteiger partial charge is 0.389 e. The highest BCUT2D eigenvalue weighted by Crippen LogP contribution is 1.87. The van der Waals surface area contributed by atoms with E-state index in [9.17, 15) is 9.59 Å². The summed E-state index contributed by atoms with van der Waals surface area (Å²) < 4.78 is 0. The van der Waals surface area contributed by atoms with Crippen molar-refractivity contribution in [1.29, 1.82) is 0 Å². The van der Waals surface area contributed by atoms with Crippen LogP contribution in [-0.4, -0.2) is 35.5 Å². The zero-order chi connectivity index (χ0) is 8.04. The fraction of sp³-hybridized carbons (Fsp3) is 0.500. The van der Waals surface area contributed by atoms with Gasteiger partial charge >= 0.3 is 0 Å². The average Bonchev–Trinajstić information content (AvgIpc) is 1.89. The number of amides is 2. The summed E-state index contributed by atoms with van der Waals surface area (Å²) in [4.78, 5) is 19.4. The maximum atomic E-state index is 9.72. The SMILES string of the molecule is O=CNC(O)(CO)NC=O. The Kier molecular flexibility index (Phi) is 3.37. The molecule has 58 valence electrons. The second-order valence-electron chi connectivity index (χ2n) is 1.54. The number of aliphatic hydroxyl groups is 2. The summed E-state index contributed by atoms with van der Waals surface area (Å²) in [5.74, 6) is -2.04. The van der Waals surface area contributed by atoms with Crippen molar-refractivity contribution in [2.75, 3.05) is 6.61 Å². The third kappa shape index (κ3) is 2.42. The van der Waals surface area contributed by atoms with Gasteiger partial charge in [0.15, 0.2) is 0 Å². The molecule has 0 aliphatic rings. The van der Waals surface area contributed by atoms with Crippen LogP contribution in [0.2, 0.25) is 0 Å². The van der Waals surface area contributed by atoms with Gasteiger partial charge in [-0.1, -0.05) is 0 Å². The zero-order valence-corrected chi connectivity index (χ0v) is 5.07. The van der Waals surface area contributed by atoms with Crippen LogP contribution in [0.1, 0.15) is 0 Å². The number of aliphatic hydroxyl groups excluding tert-OH is 1. The predicted octanol–water partition coefficient (Wildman–Crippen LogP) is -2.88. The van der Waals surface area contributed by atoms with Crippen molar-refractivity contribution in [2.24, 2.45) is 0 Å². The number of rotatable bonds is 5. The van der Waals surface area contributed by atoms with Crippen LogP contribution >= 0.6 is 0 Å². The summed E-state index contributed by atoms with van der Waals surface area (Å²) in [5, 5.41) is 20.8. The number of carbonyl (C=O) groups is 2. The second-order valence-corrected chi connectivity index (χ2v) is 1.54. The van der Waals surface area contributed by atoms with E-state index < -0.39 is 12.5 Å². The lowest BCUT2D eigenvalue weighted by atomic mass is 10.4. The molecule has 10 heavy (non-hydrogen) atoms. The van der Waals surface area contributed by atoms with E-state index in [-0.39, 0.29) is 12.8 Å². The molecule has 0 aliphatic carbocycles. The molecule has 0 unspecified atom stereocenters. The van der Waals surface area contributed by atoms with Gasteiger partial charge in [0, 0.05) is 0 Å². The third-order valence-corrected chi connectivity index (χ3v) is 0.824. The van der Waals surface area contributed by atoms with E-state index in [1.165, 1.54) is 0 Å². The van der Waals surface area contributed by atoms with E-state index in [1.54, 1.807) is 10.6 Å². The molecule has 0 aromatic heterocycles. The summed E-state index contributed by atoms with van der Waals surface area (Å²) in [7, 11) is 0. The molecule has 0 saturated heterocycles. The van der Waals surface area contributed by atoms with Crippen LogP contribution in [0, 0.1) is 0 Å². The minimum absolute atomic E-state index is 0.159. The van der Waals surface area contributed by atoms with Crippen LogP contribution in [0.15, 0.2) is 0 Å². The van der Waals surface area contributed by atoms with Gasteiger partial charge in [0.2, 0.25) is 18.7 Å². The Morgan fingerprint density at radius 1 is 1.30 bits per heavy atom. The Labute approximate surface area is 56.8 Å². The smallest absolute Gasteiger partial charge is 0.242 e. The summed E-state index contributed by atoms with van der Waals surface area (Å²) in [6, 6.07) is 0. The fourth-order valence-corrected chi connectivity index (χ4v) is 0.328. The highest BCUT2D eigenvalue weighted by atomic mass is 16.4. The van der Waals surface area contributed by atoms with Gasteiger partial charge in [-0.15, -0.1) is 0 Å². The molecule has 2 amide bonds. The van der Waals surface area contributed by atoms with Crippen LogP contribution < -0.4 is 10.6 Å². The van der Waals surface area contributed by atoms with Crippen molar-refractivity contribution in [3.05, 3.63) is 0 Å². The van der Waals surface area contributed by atoms with Crippen molar-refractivity contribution >= 4 is 12.8 Å². The van der Waals surface area contributed by atoms with E-state index in [0.29, 0.717) is 0 Å².